The van der Waals surface area contributed by atoms with Crippen molar-refractivity contribution in [2.45, 2.75) is 22.8 Å². The number of halogens is 1. The molecule has 0 amide bonds. The molecule has 0 heterocycles. The zero-order valence-corrected chi connectivity index (χ0v) is 11.6. The van der Waals surface area contributed by atoms with Gasteiger partial charge in [-0.3, -0.25) is 10.1 Å². The second-order valence-electron chi connectivity index (χ2n) is 4.32. The lowest BCUT2D eigenvalue weighted by Gasteiger charge is -2.12. The Morgan fingerprint density at radius 1 is 1.25 bits per heavy atom. The Balaban J connectivity index is 2.27. The topological polar surface area (TPSA) is 69.2 Å². The van der Waals surface area contributed by atoms with Crippen LogP contribution in [0.4, 0.5) is 10.1 Å². The summed E-state index contributed by atoms with van der Waals surface area (Å²) in [7, 11) is 0. The highest BCUT2D eigenvalue weighted by Crippen LogP contribution is 2.33. The number of nitrogens with zero attached hydrogens (tertiary/aromatic N) is 1. The first-order valence-corrected chi connectivity index (χ1v) is 6.76. The molecule has 0 aliphatic rings. The summed E-state index contributed by atoms with van der Waals surface area (Å²) in [5, 5.41) is 10.6. The number of nitro groups is 1. The van der Waals surface area contributed by atoms with Gasteiger partial charge in [-0.1, -0.05) is 11.8 Å². The van der Waals surface area contributed by atoms with Crippen LogP contribution >= 0.6 is 11.8 Å². The van der Waals surface area contributed by atoms with Gasteiger partial charge in [0.25, 0.3) is 5.69 Å². The molecule has 0 aliphatic carbocycles. The van der Waals surface area contributed by atoms with Gasteiger partial charge in [0.05, 0.1) is 4.92 Å². The second kappa shape index (κ2) is 6.02. The molecule has 2 N–H and O–H groups in total. The van der Waals surface area contributed by atoms with E-state index in [4.69, 9.17) is 5.73 Å². The Kier molecular flexibility index (Phi) is 4.36. The maximum atomic E-state index is 13.2. The molecule has 4 nitrogen and oxygen atoms in total. The van der Waals surface area contributed by atoms with Crippen LogP contribution in [-0.4, -0.2) is 4.92 Å². The van der Waals surface area contributed by atoms with E-state index in [1.54, 1.807) is 25.1 Å². The molecule has 0 aliphatic heterocycles. The molecule has 0 bridgehead atoms. The summed E-state index contributed by atoms with van der Waals surface area (Å²) in [6.07, 6.45) is 0. The molecule has 0 spiro atoms. The Morgan fingerprint density at radius 2 is 1.90 bits per heavy atom. The van der Waals surface area contributed by atoms with Crippen molar-refractivity contribution in [3.8, 4) is 0 Å². The Bertz CT molecular complexity index is 630. The molecule has 0 saturated carbocycles. The minimum absolute atomic E-state index is 0.0425. The maximum Gasteiger partial charge on any atom is 0.269 e. The van der Waals surface area contributed by atoms with Crippen molar-refractivity contribution in [1.29, 1.82) is 0 Å². The smallest absolute Gasteiger partial charge is 0.269 e. The van der Waals surface area contributed by atoms with E-state index in [1.807, 2.05) is 0 Å². The first kappa shape index (κ1) is 14.5. The van der Waals surface area contributed by atoms with Crippen LogP contribution in [0.5, 0.6) is 0 Å². The van der Waals surface area contributed by atoms with E-state index in [0.29, 0.717) is 5.56 Å². The summed E-state index contributed by atoms with van der Waals surface area (Å²) in [4.78, 5) is 11.8. The van der Waals surface area contributed by atoms with Crippen molar-refractivity contribution in [3.05, 3.63) is 64.0 Å². The minimum Gasteiger partial charge on any atom is -0.324 e. The maximum absolute atomic E-state index is 13.2. The average molecular weight is 292 g/mol. The van der Waals surface area contributed by atoms with Crippen LogP contribution in [0.3, 0.4) is 0 Å². The van der Waals surface area contributed by atoms with E-state index in [-0.39, 0.29) is 17.5 Å². The summed E-state index contributed by atoms with van der Waals surface area (Å²) < 4.78 is 13.2. The first-order chi connectivity index (χ1) is 9.47. The van der Waals surface area contributed by atoms with Gasteiger partial charge in [-0.2, -0.15) is 0 Å². The minimum atomic E-state index is -0.445. The Morgan fingerprint density at radius 3 is 2.45 bits per heavy atom. The fourth-order valence-electron chi connectivity index (χ4n) is 1.73. The third kappa shape index (κ3) is 3.34. The zero-order valence-electron chi connectivity index (χ0n) is 10.7. The van der Waals surface area contributed by atoms with Gasteiger partial charge in [-0.25, -0.2) is 4.39 Å². The molecule has 2 aromatic carbocycles. The molecule has 0 saturated heterocycles. The molecule has 0 fully saturated rings. The predicted molar refractivity (Wildman–Crippen MR) is 76.2 cm³/mol. The molecule has 2 rings (SSSR count). The number of hydrogen-bond donors (Lipinski definition) is 1. The second-order valence-corrected chi connectivity index (χ2v) is 5.44. The molecule has 20 heavy (non-hydrogen) atoms. The van der Waals surface area contributed by atoms with Crippen LogP contribution < -0.4 is 5.73 Å². The quantitative estimate of drug-likeness (QED) is 0.685. The van der Waals surface area contributed by atoms with Gasteiger partial charge < -0.3 is 5.73 Å². The van der Waals surface area contributed by atoms with E-state index in [1.165, 1.54) is 36.0 Å². The number of non-ortho nitro benzene ring substituents is 1. The van der Waals surface area contributed by atoms with Crippen molar-refractivity contribution in [2.75, 3.05) is 0 Å². The van der Waals surface area contributed by atoms with Gasteiger partial charge in [-0.15, -0.1) is 0 Å². The first-order valence-electron chi connectivity index (χ1n) is 5.94. The molecule has 2 aromatic rings. The summed E-state index contributed by atoms with van der Waals surface area (Å²) in [6.45, 7) is 1.79. The normalized spacial score (nSPS) is 12.2. The third-order valence-corrected chi connectivity index (χ3v) is 3.84. The van der Waals surface area contributed by atoms with Crippen molar-refractivity contribution in [2.24, 2.45) is 5.73 Å². The van der Waals surface area contributed by atoms with Crippen molar-refractivity contribution in [3.63, 3.8) is 0 Å². The number of hydrogen-bond acceptors (Lipinski definition) is 4. The van der Waals surface area contributed by atoms with E-state index in [9.17, 15) is 14.5 Å². The number of benzene rings is 2. The van der Waals surface area contributed by atoms with E-state index in [2.05, 4.69) is 0 Å². The van der Waals surface area contributed by atoms with Crippen LogP contribution in [0.15, 0.2) is 52.3 Å². The van der Waals surface area contributed by atoms with Gasteiger partial charge in [0.1, 0.15) is 5.82 Å². The van der Waals surface area contributed by atoms with Gasteiger partial charge in [0.2, 0.25) is 0 Å². The molecule has 0 radical (unpaired) electrons. The number of nitrogens with two attached hydrogens (primary N) is 1. The SMILES string of the molecule is C[C@@H](N)c1cc(F)ccc1Sc1ccc([N+](=O)[O-])cc1. The van der Waals surface area contributed by atoms with Crippen LogP contribution in [0.2, 0.25) is 0 Å². The van der Waals surface area contributed by atoms with E-state index < -0.39 is 4.92 Å². The lowest BCUT2D eigenvalue weighted by molar-refractivity contribution is -0.384. The van der Waals surface area contributed by atoms with Crippen molar-refractivity contribution >= 4 is 17.4 Å². The molecule has 0 aromatic heterocycles. The lowest BCUT2D eigenvalue weighted by Crippen LogP contribution is -2.06. The Hall–Kier alpha value is -1.92. The largest absolute Gasteiger partial charge is 0.324 e. The monoisotopic (exact) mass is 292 g/mol. The van der Waals surface area contributed by atoms with Crippen LogP contribution in [0.25, 0.3) is 0 Å². The molecule has 0 unspecified atom stereocenters. The fourth-order valence-corrected chi connectivity index (χ4v) is 2.76. The standard InChI is InChI=1S/C14H13FN2O2S/c1-9(16)13-8-10(15)2-7-14(13)20-12-5-3-11(4-6-12)17(18)19/h2-9H,16H2,1H3/t9-/m1/s1. The van der Waals surface area contributed by atoms with Gasteiger partial charge in [-0.05, 0) is 42.8 Å². The van der Waals surface area contributed by atoms with E-state index >= 15 is 0 Å². The summed E-state index contributed by atoms with van der Waals surface area (Å²) in [5.41, 5.74) is 6.59. The van der Waals surface area contributed by atoms with Crippen LogP contribution in [0.1, 0.15) is 18.5 Å². The van der Waals surface area contributed by atoms with Crippen LogP contribution in [0, 0.1) is 15.9 Å². The highest BCUT2D eigenvalue weighted by Gasteiger charge is 2.11. The molecule has 1 atom stereocenters. The predicted octanol–water partition coefficient (Wildman–Crippen LogP) is 3.90. The number of rotatable bonds is 4. The molecule has 104 valence electrons. The van der Waals surface area contributed by atoms with Gasteiger partial charge in [0, 0.05) is 28.0 Å². The highest BCUT2D eigenvalue weighted by molar-refractivity contribution is 7.99. The van der Waals surface area contributed by atoms with Crippen LogP contribution in [-0.2, 0) is 0 Å². The fraction of sp³-hybridized carbons (Fsp3) is 0.143. The van der Waals surface area contributed by atoms with Gasteiger partial charge in [0.15, 0.2) is 0 Å². The summed E-state index contributed by atoms with van der Waals surface area (Å²) in [6, 6.07) is 10.4. The highest BCUT2D eigenvalue weighted by atomic mass is 32.2. The van der Waals surface area contributed by atoms with Crippen molar-refractivity contribution < 1.29 is 9.31 Å². The van der Waals surface area contributed by atoms with Crippen molar-refractivity contribution in [1.82, 2.24) is 0 Å². The summed E-state index contributed by atoms with van der Waals surface area (Å²) >= 11 is 1.40. The molecular formula is C14H13FN2O2S. The Labute approximate surface area is 119 Å². The lowest BCUT2D eigenvalue weighted by atomic mass is 10.1. The van der Waals surface area contributed by atoms with E-state index in [0.717, 1.165) is 9.79 Å². The summed E-state index contributed by atoms with van der Waals surface area (Å²) in [5.74, 6) is -0.328. The third-order valence-electron chi connectivity index (χ3n) is 2.74. The zero-order chi connectivity index (χ0) is 14.7. The molecule has 6 heteroatoms. The number of nitro benzene ring substituents is 1. The molecular weight excluding hydrogens is 279 g/mol. The average Bonchev–Trinajstić information content (AvgIpc) is 2.41. The van der Waals surface area contributed by atoms with Gasteiger partial charge >= 0.3 is 0 Å².